The van der Waals surface area contributed by atoms with E-state index in [1.165, 1.54) is 12.1 Å². The normalized spacial score (nSPS) is 25.3. The van der Waals surface area contributed by atoms with Crippen LogP contribution in [-0.4, -0.2) is 19.3 Å². The predicted molar refractivity (Wildman–Crippen MR) is 71.3 cm³/mol. The average molecular weight is 272 g/mol. The van der Waals surface area contributed by atoms with Gasteiger partial charge in [-0.15, -0.1) is 0 Å². The zero-order chi connectivity index (χ0) is 13.1. The minimum absolute atomic E-state index is 0.0456. The number of nitrogens with one attached hydrogen (secondary N) is 1. The molecular weight excluding hydrogens is 253 g/mol. The molecule has 0 saturated carbocycles. The maximum atomic E-state index is 13.4. The number of likely N-dealkylation sites (N-methyl/N-ethyl adjacent to an activating group) is 1. The van der Waals surface area contributed by atoms with Gasteiger partial charge in [-0.05, 0) is 42.6 Å². The van der Waals surface area contributed by atoms with E-state index in [-0.39, 0.29) is 18.0 Å². The first-order chi connectivity index (χ1) is 8.63. The Labute approximate surface area is 112 Å². The second-order valence-electron chi connectivity index (χ2n) is 4.80. The van der Waals surface area contributed by atoms with Crippen LogP contribution >= 0.6 is 11.6 Å². The van der Waals surface area contributed by atoms with E-state index in [9.17, 15) is 4.39 Å². The van der Waals surface area contributed by atoms with Gasteiger partial charge in [0.2, 0.25) is 0 Å². The lowest BCUT2D eigenvalue weighted by atomic mass is 9.92. The van der Waals surface area contributed by atoms with Crippen molar-refractivity contribution in [1.82, 2.24) is 5.32 Å². The van der Waals surface area contributed by atoms with Crippen LogP contribution in [0.3, 0.4) is 0 Å². The summed E-state index contributed by atoms with van der Waals surface area (Å²) in [6.45, 7) is 5.75. The standard InChI is InChI=1S/C14H19ClFNO/c1-3-17-13(14-9(2)6-7-18-14)11-8-10(16)4-5-12(11)15/h4-5,8-9,13-14,17H,3,6-7H2,1-2H3. The van der Waals surface area contributed by atoms with Gasteiger partial charge in [0.1, 0.15) is 5.82 Å². The van der Waals surface area contributed by atoms with Crippen molar-refractivity contribution in [3.05, 3.63) is 34.6 Å². The average Bonchev–Trinajstić information content (AvgIpc) is 2.76. The van der Waals surface area contributed by atoms with Gasteiger partial charge in [0.25, 0.3) is 0 Å². The van der Waals surface area contributed by atoms with Crippen molar-refractivity contribution >= 4 is 11.6 Å². The maximum Gasteiger partial charge on any atom is 0.123 e. The Kier molecular flexibility index (Phi) is 4.60. The molecule has 18 heavy (non-hydrogen) atoms. The Bertz CT molecular complexity index is 413. The van der Waals surface area contributed by atoms with E-state index in [1.54, 1.807) is 6.07 Å². The van der Waals surface area contributed by atoms with Crippen molar-refractivity contribution in [1.29, 1.82) is 0 Å². The fourth-order valence-electron chi connectivity index (χ4n) is 2.52. The summed E-state index contributed by atoms with van der Waals surface area (Å²) in [5.41, 5.74) is 0.789. The summed E-state index contributed by atoms with van der Waals surface area (Å²) >= 11 is 6.19. The summed E-state index contributed by atoms with van der Waals surface area (Å²) in [6, 6.07) is 4.45. The fourth-order valence-corrected chi connectivity index (χ4v) is 2.75. The van der Waals surface area contributed by atoms with Crippen molar-refractivity contribution in [2.45, 2.75) is 32.4 Å². The van der Waals surface area contributed by atoms with Gasteiger partial charge in [0.15, 0.2) is 0 Å². The summed E-state index contributed by atoms with van der Waals surface area (Å²) in [4.78, 5) is 0. The Hall–Kier alpha value is -0.640. The van der Waals surface area contributed by atoms with E-state index in [4.69, 9.17) is 16.3 Å². The van der Waals surface area contributed by atoms with Crippen LogP contribution in [0.25, 0.3) is 0 Å². The third-order valence-electron chi connectivity index (χ3n) is 3.49. The maximum absolute atomic E-state index is 13.4. The first-order valence-corrected chi connectivity index (χ1v) is 6.81. The van der Waals surface area contributed by atoms with Crippen molar-refractivity contribution in [3.63, 3.8) is 0 Å². The molecule has 1 N–H and O–H groups in total. The Morgan fingerprint density at radius 2 is 2.33 bits per heavy atom. The second kappa shape index (κ2) is 6.00. The topological polar surface area (TPSA) is 21.3 Å². The molecule has 3 unspecified atom stereocenters. The lowest BCUT2D eigenvalue weighted by molar-refractivity contribution is 0.0611. The molecule has 1 heterocycles. The number of rotatable bonds is 4. The Balaban J connectivity index is 2.31. The van der Waals surface area contributed by atoms with Crippen molar-refractivity contribution < 1.29 is 9.13 Å². The van der Waals surface area contributed by atoms with Gasteiger partial charge in [-0.3, -0.25) is 0 Å². The highest BCUT2D eigenvalue weighted by Gasteiger charge is 2.33. The second-order valence-corrected chi connectivity index (χ2v) is 5.21. The van der Waals surface area contributed by atoms with Crippen LogP contribution in [0, 0.1) is 11.7 Å². The van der Waals surface area contributed by atoms with E-state index in [1.807, 2.05) is 6.92 Å². The molecule has 1 aromatic rings. The predicted octanol–water partition coefficient (Wildman–Crippen LogP) is 3.55. The monoisotopic (exact) mass is 271 g/mol. The molecule has 0 aromatic heterocycles. The molecule has 1 fully saturated rings. The third-order valence-corrected chi connectivity index (χ3v) is 3.83. The van der Waals surface area contributed by atoms with Gasteiger partial charge >= 0.3 is 0 Å². The minimum atomic E-state index is -0.261. The van der Waals surface area contributed by atoms with Crippen LogP contribution < -0.4 is 5.32 Å². The van der Waals surface area contributed by atoms with Crippen LogP contribution in [0.4, 0.5) is 4.39 Å². The third kappa shape index (κ3) is 2.85. The molecule has 100 valence electrons. The summed E-state index contributed by atoms with van der Waals surface area (Å²) in [7, 11) is 0. The molecule has 4 heteroatoms. The zero-order valence-corrected chi connectivity index (χ0v) is 11.5. The number of halogens is 2. The summed E-state index contributed by atoms with van der Waals surface area (Å²) in [5.74, 6) is 0.191. The van der Waals surface area contributed by atoms with E-state index < -0.39 is 0 Å². The largest absolute Gasteiger partial charge is 0.376 e. The van der Waals surface area contributed by atoms with Gasteiger partial charge < -0.3 is 10.1 Å². The molecule has 1 saturated heterocycles. The summed E-state index contributed by atoms with van der Waals surface area (Å²) < 4.78 is 19.2. The molecule has 3 atom stereocenters. The SMILES string of the molecule is CCNC(c1cc(F)ccc1Cl)C1OCCC1C. The van der Waals surface area contributed by atoms with Gasteiger partial charge in [-0.2, -0.15) is 0 Å². The van der Waals surface area contributed by atoms with Gasteiger partial charge in [0, 0.05) is 11.6 Å². The number of benzene rings is 1. The number of hydrogen-bond donors (Lipinski definition) is 1. The number of ether oxygens (including phenoxy) is 1. The zero-order valence-electron chi connectivity index (χ0n) is 10.7. The molecule has 0 amide bonds. The van der Waals surface area contributed by atoms with Gasteiger partial charge in [-0.1, -0.05) is 25.4 Å². The molecule has 0 spiro atoms. The highest BCUT2D eigenvalue weighted by atomic mass is 35.5. The number of hydrogen-bond acceptors (Lipinski definition) is 2. The van der Waals surface area contributed by atoms with E-state index in [2.05, 4.69) is 12.2 Å². The molecule has 2 nitrogen and oxygen atoms in total. The molecule has 2 rings (SSSR count). The smallest absolute Gasteiger partial charge is 0.123 e. The minimum Gasteiger partial charge on any atom is -0.376 e. The highest BCUT2D eigenvalue weighted by Crippen LogP contribution is 2.34. The molecule has 1 aliphatic heterocycles. The fraction of sp³-hybridized carbons (Fsp3) is 0.571. The summed E-state index contributed by atoms with van der Waals surface area (Å²) in [6.07, 6.45) is 1.10. The first-order valence-electron chi connectivity index (χ1n) is 6.43. The Morgan fingerprint density at radius 3 is 2.94 bits per heavy atom. The van der Waals surface area contributed by atoms with Crippen LogP contribution in [0.1, 0.15) is 31.9 Å². The molecule has 0 aliphatic carbocycles. The first kappa shape index (κ1) is 13.8. The van der Waals surface area contributed by atoms with Crippen molar-refractivity contribution in [3.8, 4) is 0 Å². The quantitative estimate of drug-likeness (QED) is 0.904. The van der Waals surface area contributed by atoms with E-state index in [0.717, 1.165) is 25.1 Å². The lowest BCUT2D eigenvalue weighted by Gasteiger charge is -2.28. The van der Waals surface area contributed by atoms with E-state index >= 15 is 0 Å². The van der Waals surface area contributed by atoms with Crippen molar-refractivity contribution in [2.75, 3.05) is 13.2 Å². The molecule has 1 aliphatic rings. The molecule has 0 bridgehead atoms. The van der Waals surface area contributed by atoms with Crippen molar-refractivity contribution in [2.24, 2.45) is 5.92 Å². The van der Waals surface area contributed by atoms with Crippen LogP contribution in [0.5, 0.6) is 0 Å². The van der Waals surface area contributed by atoms with Gasteiger partial charge in [-0.25, -0.2) is 4.39 Å². The highest BCUT2D eigenvalue weighted by molar-refractivity contribution is 6.31. The lowest BCUT2D eigenvalue weighted by Crippen LogP contribution is -2.35. The summed E-state index contributed by atoms with van der Waals surface area (Å²) in [5, 5.41) is 3.95. The van der Waals surface area contributed by atoms with E-state index in [0.29, 0.717) is 10.9 Å². The molecular formula is C14H19ClFNO. The van der Waals surface area contributed by atoms with Crippen LogP contribution in [0.15, 0.2) is 18.2 Å². The van der Waals surface area contributed by atoms with Crippen LogP contribution in [0.2, 0.25) is 5.02 Å². The molecule has 1 aromatic carbocycles. The van der Waals surface area contributed by atoms with Gasteiger partial charge in [0.05, 0.1) is 12.1 Å². The Morgan fingerprint density at radius 1 is 1.56 bits per heavy atom. The molecule has 0 radical (unpaired) electrons. The van der Waals surface area contributed by atoms with Crippen LogP contribution in [-0.2, 0) is 4.74 Å².